The molecule has 30 heavy (non-hydrogen) atoms. The van der Waals surface area contributed by atoms with Gasteiger partial charge in [-0.05, 0) is 65.3 Å². The molecule has 1 unspecified atom stereocenters. The highest BCUT2D eigenvalue weighted by Crippen LogP contribution is 2.29. The highest BCUT2D eigenvalue weighted by molar-refractivity contribution is 5.85. The van der Waals surface area contributed by atoms with E-state index in [0.29, 0.717) is 6.04 Å². The number of H-pyrrole nitrogens is 1. The van der Waals surface area contributed by atoms with E-state index in [4.69, 9.17) is 4.74 Å². The van der Waals surface area contributed by atoms with Gasteiger partial charge in [0, 0.05) is 12.6 Å². The molecule has 1 heterocycles. The number of nitrogens with zero attached hydrogens (tertiary/aromatic N) is 1. The minimum atomic E-state index is 0. The van der Waals surface area contributed by atoms with Crippen LogP contribution in [0.3, 0.4) is 0 Å². The fourth-order valence-electron chi connectivity index (χ4n) is 4.33. The Morgan fingerprint density at radius 2 is 1.90 bits per heavy atom. The number of aromatic amines is 1. The van der Waals surface area contributed by atoms with Gasteiger partial charge in [0.2, 0.25) is 0 Å². The lowest BCUT2D eigenvalue weighted by Crippen LogP contribution is -2.34. The third-order valence-corrected chi connectivity index (χ3v) is 5.96. The number of rotatable bonds is 5. The monoisotopic (exact) mass is 419 g/mol. The predicted molar refractivity (Wildman–Crippen MR) is 124 cm³/mol. The average molecular weight is 420 g/mol. The zero-order chi connectivity index (χ0) is 19.6. The third kappa shape index (κ3) is 4.07. The summed E-state index contributed by atoms with van der Waals surface area (Å²) in [6.07, 6.45) is 5.03. The van der Waals surface area contributed by atoms with Crippen LogP contribution in [-0.4, -0.2) is 23.1 Å². The lowest BCUT2D eigenvalue weighted by molar-refractivity contribution is 0.397. The molecule has 0 fully saturated rings. The number of fused-ring (bicyclic) bond motifs is 2. The lowest BCUT2D eigenvalue weighted by Gasteiger charge is -2.27. The summed E-state index contributed by atoms with van der Waals surface area (Å²) in [6.45, 7) is 0.892. The Morgan fingerprint density at radius 1 is 1.07 bits per heavy atom. The number of hydrogen-bond donors (Lipinski definition) is 2. The van der Waals surface area contributed by atoms with Gasteiger partial charge in [0.15, 0.2) is 0 Å². The quantitative estimate of drug-likeness (QED) is 0.461. The van der Waals surface area contributed by atoms with E-state index >= 15 is 0 Å². The molecule has 5 heteroatoms. The van der Waals surface area contributed by atoms with Gasteiger partial charge in [-0.1, -0.05) is 42.5 Å². The van der Waals surface area contributed by atoms with Crippen LogP contribution in [0.25, 0.3) is 22.2 Å². The van der Waals surface area contributed by atoms with Crippen molar-refractivity contribution >= 4 is 23.4 Å². The second kappa shape index (κ2) is 8.90. The standard InChI is InChI=1S/C25H25N3O.ClH/c1-29-25-4-2-3-20-13-21(10-11-22(20)25)26-15-17-5-7-18(8-6-17)19-9-12-23-24(14-19)28-16-27-23;/h2-9,12,14,16,21,26H,10-11,13,15H2,1H3,(H,27,28);1H. The summed E-state index contributed by atoms with van der Waals surface area (Å²) in [4.78, 5) is 7.50. The van der Waals surface area contributed by atoms with Crippen LogP contribution in [0.4, 0.5) is 0 Å². The van der Waals surface area contributed by atoms with Crippen molar-refractivity contribution in [2.45, 2.75) is 31.8 Å². The van der Waals surface area contributed by atoms with Crippen molar-refractivity contribution in [3.05, 3.63) is 83.7 Å². The van der Waals surface area contributed by atoms with Gasteiger partial charge in [-0.3, -0.25) is 0 Å². The number of imidazole rings is 1. The molecule has 1 aromatic heterocycles. The van der Waals surface area contributed by atoms with E-state index in [9.17, 15) is 0 Å². The number of ether oxygens (including phenoxy) is 1. The van der Waals surface area contributed by atoms with E-state index in [1.54, 1.807) is 13.4 Å². The molecule has 2 N–H and O–H groups in total. The second-order valence-corrected chi connectivity index (χ2v) is 7.75. The molecular formula is C25H26ClN3O. The molecule has 0 spiro atoms. The molecule has 1 aliphatic rings. The Hall–Kier alpha value is -2.82. The van der Waals surface area contributed by atoms with Crippen molar-refractivity contribution in [2.24, 2.45) is 0 Å². The van der Waals surface area contributed by atoms with Crippen LogP contribution in [0.15, 0.2) is 67.0 Å². The Morgan fingerprint density at radius 3 is 2.73 bits per heavy atom. The Balaban J connectivity index is 0.00000218. The maximum atomic E-state index is 5.52. The van der Waals surface area contributed by atoms with Crippen LogP contribution in [0, 0.1) is 0 Å². The first-order valence-corrected chi connectivity index (χ1v) is 10.2. The fraction of sp³-hybridized carbons (Fsp3) is 0.240. The summed E-state index contributed by atoms with van der Waals surface area (Å²) in [5.41, 5.74) is 8.59. The number of hydrogen-bond acceptors (Lipinski definition) is 3. The maximum Gasteiger partial charge on any atom is 0.122 e. The van der Waals surface area contributed by atoms with Gasteiger partial charge in [0.1, 0.15) is 5.75 Å². The zero-order valence-electron chi connectivity index (χ0n) is 17.0. The van der Waals surface area contributed by atoms with Crippen LogP contribution >= 0.6 is 12.4 Å². The molecule has 0 bridgehead atoms. The molecule has 1 atom stereocenters. The number of benzene rings is 3. The number of aromatic nitrogens is 2. The number of halogens is 1. The minimum absolute atomic E-state index is 0. The van der Waals surface area contributed by atoms with Crippen LogP contribution in [0.2, 0.25) is 0 Å². The number of nitrogens with one attached hydrogen (secondary N) is 2. The molecule has 0 aliphatic heterocycles. The molecule has 1 aliphatic carbocycles. The molecule has 4 nitrogen and oxygen atoms in total. The average Bonchev–Trinajstić information content (AvgIpc) is 3.25. The van der Waals surface area contributed by atoms with Crippen molar-refractivity contribution < 1.29 is 4.74 Å². The topological polar surface area (TPSA) is 49.9 Å². The Kier molecular flexibility index (Phi) is 6.07. The van der Waals surface area contributed by atoms with E-state index in [2.05, 4.69) is 75.9 Å². The largest absolute Gasteiger partial charge is 0.496 e. The maximum absolute atomic E-state index is 5.52. The normalized spacial score (nSPS) is 15.4. The van der Waals surface area contributed by atoms with Gasteiger partial charge in [0.25, 0.3) is 0 Å². The molecule has 0 saturated heterocycles. The minimum Gasteiger partial charge on any atom is -0.496 e. The first kappa shape index (κ1) is 20.5. The van der Waals surface area contributed by atoms with Crippen molar-refractivity contribution in [2.75, 3.05) is 7.11 Å². The van der Waals surface area contributed by atoms with Crippen LogP contribution in [0.1, 0.15) is 23.1 Å². The van der Waals surface area contributed by atoms with Crippen LogP contribution in [-0.2, 0) is 19.4 Å². The van der Waals surface area contributed by atoms with Crippen molar-refractivity contribution in [3.8, 4) is 16.9 Å². The number of methoxy groups -OCH3 is 1. The van der Waals surface area contributed by atoms with Crippen molar-refractivity contribution in [3.63, 3.8) is 0 Å². The van der Waals surface area contributed by atoms with E-state index in [-0.39, 0.29) is 12.4 Å². The van der Waals surface area contributed by atoms with E-state index in [1.165, 1.54) is 27.8 Å². The summed E-state index contributed by atoms with van der Waals surface area (Å²) in [5.74, 6) is 1.03. The Bertz CT molecular complexity index is 1140. The van der Waals surface area contributed by atoms with E-state index < -0.39 is 0 Å². The predicted octanol–water partition coefficient (Wildman–Crippen LogP) is 5.31. The van der Waals surface area contributed by atoms with Gasteiger partial charge in [-0.15, -0.1) is 12.4 Å². The van der Waals surface area contributed by atoms with Crippen molar-refractivity contribution in [1.82, 2.24) is 15.3 Å². The van der Waals surface area contributed by atoms with Gasteiger partial charge < -0.3 is 15.0 Å². The summed E-state index contributed by atoms with van der Waals surface area (Å²) in [7, 11) is 1.76. The molecular weight excluding hydrogens is 394 g/mol. The van der Waals surface area contributed by atoms with Crippen molar-refractivity contribution in [1.29, 1.82) is 0 Å². The highest BCUT2D eigenvalue weighted by atomic mass is 35.5. The smallest absolute Gasteiger partial charge is 0.122 e. The summed E-state index contributed by atoms with van der Waals surface area (Å²) < 4.78 is 5.52. The van der Waals surface area contributed by atoms with Gasteiger partial charge in [0.05, 0.1) is 24.5 Å². The van der Waals surface area contributed by atoms with E-state index in [1.807, 2.05) is 0 Å². The molecule has 154 valence electrons. The summed E-state index contributed by atoms with van der Waals surface area (Å²) in [5, 5.41) is 3.74. The van der Waals surface area contributed by atoms with Crippen LogP contribution in [0.5, 0.6) is 5.75 Å². The van der Waals surface area contributed by atoms with Gasteiger partial charge in [-0.2, -0.15) is 0 Å². The van der Waals surface area contributed by atoms with Crippen LogP contribution < -0.4 is 10.1 Å². The third-order valence-electron chi connectivity index (χ3n) is 5.96. The van der Waals surface area contributed by atoms with E-state index in [0.717, 1.165) is 42.6 Å². The zero-order valence-corrected chi connectivity index (χ0v) is 17.8. The first-order valence-electron chi connectivity index (χ1n) is 10.2. The summed E-state index contributed by atoms with van der Waals surface area (Å²) >= 11 is 0. The second-order valence-electron chi connectivity index (χ2n) is 7.75. The lowest BCUT2D eigenvalue weighted by atomic mass is 9.87. The Labute approximate surface area is 183 Å². The highest BCUT2D eigenvalue weighted by Gasteiger charge is 2.20. The SMILES string of the molecule is COc1cccc2c1CCC(NCc1ccc(-c3ccc4[nH]cnc4c3)cc1)C2.Cl. The first-order chi connectivity index (χ1) is 14.3. The molecule has 5 rings (SSSR count). The molecule has 3 aromatic carbocycles. The fourth-order valence-corrected chi connectivity index (χ4v) is 4.33. The summed E-state index contributed by atoms with van der Waals surface area (Å²) in [6, 6.07) is 22.1. The van der Waals surface area contributed by atoms with Gasteiger partial charge >= 0.3 is 0 Å². The molecule has 4 aromatic rings. The molecule has 0 saturated carbocycles. The van der Waals surface area contributed by atoms with Gasteiger partial charge in [-0.25, -0.2) is 4.98 Å². The molecule has 0 radical (unpaired) electrons. The molecule has 0 amide bonds.